The molecule has 0 aromatic heterocycles. The fourth-order valence-corrected chi connectivity index (χ4v) is 1.70. The zero-order valence-electron chi connectivity index (χ0n) is 8.68. The molecule has 0 aliphatic carbocycles. The lowest BCUT2D eigenvalue weighted by atomic mass is 10.2. The average Bonchev–Trinajstić information content (AvgIpc) is 2.39. The van der Waals surface area contributed by atoms with Crippen molar-refractivity contribution in [3.05, 3.63) is 0 Å². The molecular weight excluding hydrogens is 164 g/mol. The highest BCUT2D eigenvalue weighted by Gasteiger charge is 2.25. The summed E-state index contributed by atoms with van der Waals surface area (Å²) in [7, 11) is 0. The van der Waals surface area contributed by atoms with Gasteiger partial charge in [-0.25, -0.2) is 0 Å². The summed E-state index contributed by atoms with van der Waals surface area (Å²) in [5, 5.41) is 3.30. The Bertz CT molecular complexity index is 170. The van der Waals surface area contributed by atoms with E-state index in [1.807, 2.05) is 4.90 Å². The topological polar surface area (TPSA) is 32.3 Å². The Hall–Kier alpha value is -0.570. The summed E-state index contributed by atoms with van der Waals surface area (Å²) < 4.78 is 0. The smallest absolute Gasteiger partial charge is 0.222 e. The summed E-state index contributed by atoms with van der Waals surface area (Å²) in [6.45, 7) is 8.10. The molecule has 1 aliphatic heterocycles. The Labute approximate surface area is 80.5 Å². The molecule has 1 saturated heterocycles. The third-order valence-corrected chi connectivity index (χ3v) is 2.39. The molecule has 76 valence electrons. The van der Waals surface area contributed by atoms with Crippen molar-refractivity contribution in [3.63, 3.8) is 0 Å². The molecular formula is C10H20N2O. The van der Waals surface area contributed by atoms with Crippen molar-refractivity contribution in [2.75, 3.05) is 26.2 Å². The molecule has 1 amide bonds. The zero-order chi connectivity index (χ0) is 9.68. The van der Waals surface area contributed by atoms with E-state index in [4.69, 9.17) is 0 Å². The van der Waals surface area contributed by atoms with Gasteiger partial charge in [0.25, 0.3) is 0 Å². The Kier molecular flexibility index (Phi) is 4.22. The monoisotopic (exact) mass is 184 g/mol. The molecule has 1 N–H and O–H groups in total. The van der Waals surface area contributed by atoms with Gasteiger partial charge in [0.2, 0.25) is 5.91 Å². The van der Waals surface area contributed by atoms with Crippen LogP contribution in [0.2, 0.25) is 0 Å². The highest BCUT2D eigenvalue weighted by Crippen LogP contribution is 2.15. The Morgan fingerprint density at radius 3 is 2.85 bits per heavy atom. The van der Waals surface area contributed by atoms with Crippen molar-refractivity contribution in [2.45, 2.75) is 26.7 Å². The zero-order valence-corrected chi connectivity index (χ0v) is 8.68. The molecule has 13 heavy (non-hydrogen) atoms. The summed E-state index contributed by atoms with van der Waals surface area (Å²) in [5.74, 6) is 0.879. The van der Waals surface area contributed by atoms with Crippen molar-refractivity contribution in [1.82, 2.24) is 10.2 Å². The minimum atomic E-state index is 0.325. The molecule has 3 nitrogen and oxygen atoms in total. The van der Waals surface area contributed by atoms with Crippen LogP contribution in [-0.4, -0.2) is 37.0 Å². The third kappa shape index (κ3) is 3.35. The summed E-state index contributed by atoms with van der Waals surface area (Å²) in [6.07, 6.45) is 1.90. The third-order valence-electron chi connectivity index (χ3n) is 2.39. The molecule has 1 fully saturated rings. The van der Waals surface area contributed by atoms with E-state index >= 15 is 0 Å². The van der Waals surface area contributed by atoms with Gasteiger partial charge in [0.1, 0.15) is 0 Å². The molecule has 0 bridgehead atoms. The van der Waals surface area contributed by atoms with Crippen LogP contribution in [0.3, 0.4) is 0 Å². The van der Waals surface area contributed by atoms with Crippen molar-refractivity contribution >= 4 is 5.91 Å². The van der Waals surface area contributed by atoms with Crippen molar-refractivity contribution < 1.29 is 4.79 Å². The molecule has 1 heterocycles. The van der Waals surface area contributed by atoms with Gasteiger partial charge in [-0.3, -0.25) is 4.79 Å². The maximum absolute atomic E-state index is 11.3. The van der Waals surface area contributed by atoms with Gasteiger partial charge in [-0.15, -0.1) is 0 Å². The number of carbonyl (C=O) groups is 1. The van der Waals surface area contributed by atoms with Crippen molar-refractivity contribution in [2.24, 2.45) is 5.92 Å². The fraction of sp³-hybridized carbons (Fsp3) is 0.900. The molecule has 1 unspecified atom stereocenters. The fourth-order valence-electron chi connectivity index (χ4n) is 1.70. The maximum Gasteiger partial charge on any atom is 0.222 e. The van der Waals surface area contributed by atoms with Crippen LogP contribution in [0, 0.1) is 5.92 Å². The number of carbonyl (C=O) groups excluding carboxylic acids is 1. The van der Waals surface area contributed by atoms with Gasteiger partial charge in [-0.05, 0) is 18.9 Å². The summed E-state index contributed by atoms with van der Waals surface area (Å²) in [6, 6.07) is 0. The van der Waals surface area contributed by atoms with Crippen LogP contribution in [0.5, 0.6) is 0 Å². The normalized spacial score (nSPS) is 22.8. The lowest BCUT2D eigenvalue weighted by molar-refractivity contribution is -0.127. The largest absolute Gasteiger partial charge is 0.341 e. The highest BCUT2D eigenvalue weighted by atomic mass is 16.2. The predicted octanol–water partition coefficient (Wildman–Crippen LogP) is 0.854. The molecule has 0 radical (unpaired) electrons. The first-order valence-electron chi connectivity index (χ1n) is 5.22. The second kappa shape index (κ2) is 5.22. The van der Waals surface area contributed by atoms with E-state index < -0.39 is 0 Å². The van der Waals surface area contributed by atoms with Crippen LogP contribution in [-0.2, 0) is 4.79 Å². The number of hydrogen-bond donors (Lipinski definition) is 1. The molecule has 1 rings (SSSR count). The van der Waals surface area contributed by atoms with Crippen LogP contribution in [0.1, 0.15) is 26.7 Å². The van der Waals surface area contributed by atoms with Crippen molar-refractivity contribution in [3.8, 4) is 0 Å². The van der Waals surface area contributed by atoms with E-state index in [1.165, 1.54) is 0 Å². The molecule has 1 atom stereocenters. The van der Waals surface area contributed by atoms with Gasteiger partial charge >= 0.3 is 0 Å². The van der Waals surface area contributed by atoms with Crippen LogP contribution in [0.15, 0.2) is 0 Å². The van der Waals surface area contributed by atoms with E-state index in [1.54, 1.807) is 0 Å². The molecule has 0 saturated carbocycles. The molecule has 3 heteroatoms. The summed E-state index contributed by atoms with van der Waals surface area (Å²) in [4.78, 5) is 13.3. The highest BCUT2D eigenvalue weighted by molar-refractivity contribution is 5.78. The van der Waals surface area contributed by atoms with E-state index in [2.05, 4.69) is 19.2 Å². The number of amides is 1. The van der Waals surface area contributed by atoms with E-state index in [0.717, 1.165) is 39.0 Å². The SMILES string of the molecule is CCCNCCN1CC(C)CC1=O. The first-order valence-corrected chi connectivity index (χ1v) is 5.22. The Morgan fingerprint density at radius 2 is 2.31 bits per heavy atom. The lowest BCUT2D eigenvalue weighted by Crippen LogP contribution is -2.33. The van der Waals surface area contributed by atoms with Gasteiger partial charge in [0, 0.05) is 26.1 Å². The Morgan fingerprint density at radius 1 is 1.54 bits per heavy atom. The maximum atomic E-state index is 11.3. The Balaban J connectivity index is 2.11. The number of rotatable bonds is 5. The van der Waals surface area contributed by atoms with Crippen LogP contribution >= 0.6 is 0 Å². The molecule has 0 spiro atoms. The van der Waals surface area contributed by atoms with Gasteiger partial charge in [0.05, 0.1) is 0 Å². The summed E-state index contributed by atoms with van der Waals surface area (Å²) >= 11 is 0. The first-order chi connectivity index (χ1) is 6.24. The standard InChI is InChI=1S/C10H20N2O/c1-3-4-11-5-6-12-8-9(2)7-10(12)13/h9,11H,3-8H2,1-2H3. The second-order valence-electron chi connectivity index (χ2n) is 3.90. The van der Waals surface area contributed by atoms with Gasteiger partial charge < -0.3 is 10.2 Å². The average molecular weight is 184 g/mol. The van der Waals surface area contributed by atoms with E-state index in [9.17, 15) is 4.79 Å². The predicted molar refractivity (Wildman–Crippen MR) is 53.5 cm³/mol. The minimum Gasteiger partial charge on any atom is -0.341 e. The van der Waals surface area contributed by atoms with Crippen molar-refractivity contribution in [1.29, 1.82) is 0 Å². The van der Waals surface area contributed by atoms with Crippen LogP contribution in [0.4, 0.5) is 0 Å². The number of nitrogens with one attached hydrogen (secondary N) is 1. The van der Waals surface area contributed by atoms with Gasteiger partial charge in [-0.2, -0.15) is 0 Å². The van der Waals surface area contributed by atoms with Crippen LogP contribution < -0.4 is 5.32 Å². The first kappa shape index (κ1) is 10.5. The summed E-state index contributed by atoms with van der Waals surface area (Å²) in [5.41, 5.74) is 0. The minimum absolute atomic E-state index is 0.325. The quantitative estimate of drug-likeness (QED) is 0.643. The van der Waals surface area contributed by atoms with E-state index in [-0.39, 0.29) is 0 Å². The molecule has 0 aromatic carbocycles. The molecule has 1 aliphatic rings. The van der Waals surface area contributed by atoms with E-state index in [0.29, 0.717) is 11.8 Å². The number of hydrogen-bond acceptors (Lipinski definition) is 2. The lowest BCUT2D eigenvalue weighted by Gasteiger charge is -2.15. The number of nitrogens with zero attached hydrogens (tertiary/aromatic N) is 1. The van der Waals surface area contributed by atoms with Gasteiger partial charge in [0.15, 0.2) is 0 Å². The number of likely N-dealkylation sites (tertiary alicyclic amines) is 1. The second-order valence-corrected chi connectivity index (χ2v) is 3.90. The molecule has 0 aromatic rings. The van der Waals surface area contributed by atoms with Gasteiger partial charge in [-0.1, -0.05) is 13.8 Å². The van der Waals surface area contributed by atoms with Crippen LogP contribution in [0.25, 0.3) is 0 Å².